The number of nitrogens with one attached hydrogen (secondary N) is 1. The third-order valence-electron chi connectivity index (χ3n) is 3.39. The first-order chi connectivity index (χ1) is 12.6. The Hall–Kier alpha value is -3.13. The van der Waals surface area contributed by atoms with Crippen molar-refractivity contribution in [1.82, 2.24) is 14.8 Å². The second-order valence-corrected chi connectivity index (χ2v) is 6.96. The molecule has 2 aromatic carbocycles. The summed E-state index contributed by atoms with van der Waals surface area (Å²) in [4.78, 5) is 3.85. The zero-order valence-electron chi connectivity index (χ0n) is 13.9. The van der Waals surface area contributed by atoms with E-state index in [0.717, 1.165) is 11.0 Å². The predicted octanol–water partition coefficient (Wildman–Crippen LogP) is 2.77. The fourth-order valence-corrected chi connectivity index (χ4v) is 3.05. The Bertz CT molecular complexity index is 955. The van der Waals surface area contributed by atoms with Crippen molar-refractivity contribution >= 4 is 21.8 Å². The number of hydrogen-bond acceptors (Lipinski definition) is 5. The SMILES string of the molecule is O=S(=O)(/C=C/c1ccccc1)Nc1cccc(OCCn2cncn2)c1. The van der Waals surface area contributed by atoms with Crippen LogP contribution in [0, 0.1) is 0 Å². The fourth-order valence-electron chi connectivity index (χ4n) is 2.19. The molecule has 3 rings (SSSR count). The molecule has 0 atom stereocenters. The van der Waals surface area contributed by atoms with E-state index in [2.05, 4.69) is 14.8 Å². The van der Waals surface area contributed by atoms with Gasteiger partial charge in [-0.2, -0.15) is 5.10 Å². The van der Waals surface area contributed by atoms with Gasteiger partial charge in [-0.3, -0.25) is 4.72 Å². The average molecular weight is 370 g/mol. The Kier molecular flexibility index (Phi) is 5.65. The van der Waals surface area contributed by atoms with Gasteiger partial charge in [0.2, 0.25) is 0 Å². The molecule has 0 aliphatic rings. The first-order valence-electron chi connectivity index (χ1n) is 7.92. The van der Waals surface area contributed by atoms with Crippen LogP contribution in [-0.4, -0.2) is 29.8 Å². The summed E-state index contributed by atoms with van der Waals surface area (Å²) in [6.07, 6.45) is 4.60. The number of aromatic nitrogens is 3. The first-order valence-corrected chi connectivity index (χ1v) is 9.47. The minimum absolute atomic E-state index is 0.396. The quantitative estimate of drug-likeness (QED) is 0.659. The molecule has 1 heterocycles. The van der Waals surface area contributed by atoms with E-state index in [1.807, 2.05) is 30.3 Å². The second-order valence-electron chi connectivity index (χ2n) is 5.40. The summed E-state index contributed by atoms with van der Waals surface area (Å²) in [7, 11) is -3.61. The molecular weight excluding hydrogens is 352 g/mol. The number of benzene rings is 2. The van der Waals surface area contributed by atoms with Crippen molar-refractivity contribution in [2.45, 2.75) is 6.54 Å². The van der Waals surface area contributed by atoms with Crippen LogP contribution in [0.5, 0.6) is 5.75 Å². The van der Waals surface area contributed by atoms with Crippen LogP contribution in [0.2, 0.25) is 0 Å². The van der Waals surface area contributed by atoms with Crippen LogP contribution in [0.1, 0.15) is 5.56 Å². The summed E-state index contributed by atoms with van der Waals surface area (Å²) >= 11 is 0. The molecule has 0 spiro atoms. The van der Waals surface area contributed by atoms with Crippen LogP contribution >= 0.6 is 0 Å². The van der Waals surface area contributed by atoms with Gasteiger partial charge in [0.05, 0.1) is 17.6 Å². The molecule has 0 aliphatic carbocycles. The van der Waals surface area contributed by atoms with Crippen LogP contribution in [-0.2, 0) is 16.6 Å². The van der Waals surface area contributed by atoms with E-state index in [1.165, 1.54) is 6.33 Å². The number of nitrogens with zero attached hydrogens (tertiary/aromatic N) is 3. The van der Waals surface area contributed by atoms with Crippen LogP contribution in [0.25, 0.3) is 6.08 Å². The Morgan fingerprint density at radius 2 is 1.96 bits per heavy atom. The Morgan fingerprint density at radius 1 is 1.12 bits per heavy atom. The molecule has 1 N–H and O–H groups in total. The van der Waals surface area contributed by atoms with E-state index in [9.17, 15) is 8.42 Å². The monoisotopic (exact) mass is 370 g/mol. The highest BCUT2D eigenvalue weighted by Gasteiger charge is 2.06. The third kappa shape index (κ3) is 5.45. The smallest absolute Gasteiger partial charge is 0.255 e. The molecule has 0 amide bonds. The normalized spacial score (nSPS) is 11.5. The zero-order valence-corrected chi connectivity index (χ0v) is 14.7. The summed E-state index contributed by atoms with van der Waals surface area (Å²) in [6, 6.07) is 16.0. The third-order valence-corrected chi connectivity index (χ3v) is 4.40. The molecule has 0 fully saturated rings. The standard InChI is InChI=1S/C18H18N4O3S/c23-26(24,12-9-16-5-2-1-3-6-16)21-17-7-4-8-18(13-17)25-11-10-22-15-19-14-20-22/h1-9,12-15,21H,10-11H2/b12-9+. The average Bonchev–Trinajstić information content (AvgIpc) is 3.14. The molecule has 7 nitrogen and oxygen atoms in total. The molecule has 3 aromatic rings. The van der Waals surface area contributed by atoms with E-state index >= 15 is 0 Å². The first kappa shape index (κ1) is 17.7. The summed E-state index contributed by atoms with van der Waals surface area (Å²) in [6.45, 7) is 0.948. The van der Waals surface area contributed by atoms with Gasteiger partial charge < -0.3 is 4.74 Å². The van der Waals surface area contributed by atoms with Crippen molar-refractivity contribution < 1.29 is 13.2 Å². The highest BCUT2D eigenvalue weighted by molar-refractivity contribution is 7.95. The summed E-state index contributed by atoms with van der Waals surface area (Å²) < 4.78 is 34.2. The summed E-state index contributed by atoms with van der Waals surface area (Å²) in [5.41, 5.74) is 1.24. The number of ether oxygens (including phenoxy) is 1. The van der Waals surface area contributed by atoms with Gasteiger partial charge in [-0.1, -0.05) is 36.4 Å². The lowest BCUT2D eigenvalue weighted by atomic mass is 10.2. The molecule has 0 radical (unpaired) electrons. The van der Waals surface area contributed by atoms with Gasteiger partial charge in [-0.15, -0.1) is 0 Å². The van der Waals surface area contributed by atoms with E-state index in [0.29, 0.717) is 24.6 Å². The highest BCUT2D eigenvalue weighted by atomic mass is 32.2. The van der Waals surface area contributed by atoms with Crippen molar-refractivity contribution in [2.24, 2.45) is 0 Å². The fraction of sp³-hybridized carbons (Fsp3) is 0.111. The molecule has 0 bridgehead atoms. The van der Waals surface area contributed by atoms with Crippen LogP contribution in [0.15, 0.2) is 72.7 Å². The minimum atomic E-state index is -3.61. The molecule has 26 heavy (non-hydrogen) atoms. The number of sulfonamides is 1. The molecule has 0 unspecified atom stereocenters. The molecule has 0 saturated heterocycles. The maximum absolute atomic E-state index is 12.2. The zero-order chi connectivity index (χ0) is 18.2. The summed E-state index contributed by atoms with van der Waals surface area (Å²) in [5.74, 6) is 0.567. The molecule has 0 aliphatic heterocycles. The van der Waals surface area contributed by atoms with Gasteiger partial charge >= 0.3 is 0 Å². The van der Waals surface area contributed by atoms with Gasteiger partial charge in [-0.05, 0) is 23.8 Å². The maximum atomic E-state index is 12.2. The second kappa shape index (κ2) is 8.30. The Morgan fingerprint density at radius 3 is 2.73 bits per heavy atom. The van der Waals surface area contributed by atoms with E-state index in [-0.39, 0.29) is 0 Å². The number of hydrogen-bond donors (Lipinski definition) is 1. The Balaban J connectivity index is 1.59. The minimum Gasteiger partial charge on any atom is -0.492 e. The van der Waals surface area contributed by atoms with Crippen LogP contribution in [0.4, 0.5) is 5.69 Å². The van der Waals surface area contributed by atoms with Crippen LogP contribution in [0.3, 0.4) is 0 Å². The van der Waals surface area contributed by atoms with Crippen molar-refractivity contribution in [3.05, 3.63) is 78.2 Å². The van der Waals surface area contributed by atoms with Gasteiger partial charge in [0.15, 0.2) is 0 Å². The van der Waals surface area contributed by atoms with Crippen molar-refractivity contribution in [3.63, 3.8) is 0 Å². The van der Waals surface area contributed by atoms with Crippen molar-refractivity contribution in [3.8, 4) is 5.75 Å². The van der Waals surface area contributed by atoms with E-state index in [4.69, 9.17) is 4.74 Å². The maximum Gasteiger partial charge on any atom is 0.255 e. The highest BCUT2D eigenvalue weighted by Crippen LogP contribution is 2.19. The molecule has 134 valence electrons. The van der Waals surface area contributed by atoms with Gasteiger partial charge in [0.1, 0.15) is 25.0 Å². The van der Waals surface area contributed by atoms with Crippen molar-refractivity contribution in [2.75, 3.05) is 11.3 Å². The van der Waals surface area contributed by atoms with E-state index < -0.39 is 10.0 Å². The van der Waals surface area contributed by atoms with Gasteiger partial charge in [-0.25, -0.2) is 18.1 Å². The van der Waals surface area contributed by atoms with E-state index in [1.54, 1.807) is 41.4 Å². The van der Waals surface area contributed by atoms with Crippen LogP contribution < -0.4 is 9.46 Å². The van der Waals surface area contributed by atoms with Gasteiger partial charge in [0.25, 0.3) is 10.0 Å². The molecule has 0 saturated carbocycles. The van der Waals surface area contributed by atoms with Crippen molar-refractivity contribution in [1.29, 1.82) is 0 Å². The summed E-state index contributed by atoms with van der Waals surface area (Å²) in [5, 5.41) is 5.12. The molecular formula is C18H18N4O3S. The lowest BCUT2D eigenvalue weighted by molar-refractivity contribution is 0.291. The molecule has 1 aromatic heterocycles. The molecule has 8 heteroatoms. The number of rotatable bonds is 8. The lowest BCUT2D eigenvalue weighted by Crippen LogP contribution is -2.10. The Labute approximate surface area is 152 Å². The largest absolute Gasteiger partial charge is 0.492 e. The lowest BCUT2D eigenvalue weighted by Gasteiger charge is -2.09. The topological polar surface area (TPSA) is 86.1 Å². The predicted molar refractivity (Wildman–Crippen MR) is 100.0 cm³/mol. The van der Waals surface area contributed by atoms with Gasteiger partial charge in [0, 0.05) is 6.07 Å². The number of anilines is 1.